The molecule has 0 heterocycles. The van der Waals surface area contributed by atoms with E-state index in [0.29, 0.717) is 16.3 Å². The predicted octanol–water partition coefficient (Wildman–Crippen LogP) is 1.70. The molecule has 1 aromatic carbocycles. The average Bonchev–Trinajstić information content (AvgIpc) is 1.95. The van der Waals surface area contributed by atoms with Gasteiger partial charge in [0.2, 0.25) is 0 Å². The lowest BCUT2D eigenvalue weighted by atomic mass is 10.2. The quantitative estimate of drug-likeness (QED) is 0.590. The zero-order valence-corrected chi connectivity index (χ0v) is 6.65. The highest BCUT2D eigenvalue weighted by Gasteiger charge is 1.85. The Balaban J connectivity index is 3.00. The lowest BCUT2D eigenvalue weighted by molar-refractivity contribution is 0.701. The Morgan fingerprint density at radius 1 is 1.30 bits per heavy atom. The highest BCUT2D eigenvalue weighted by Crippen LogP contribution is 2.07. The van der Waals surface area contributed by atoms with Crippen molar-refractivity contribution in [3.63, 3.8) is 0 Å². The fourth-order valence-electron chi connectivity index (χ4n) is 0.597. The minimum atomic E-state index is 0.442. The zero-order valence-electron chi connectivity index (χ0n) is 5.08. The molecule has 10 heavy (non-hydrogen) atoms. The van der Waals surface area contributed by atoms with E-state index in [-0.39, 0.29) is 0 Å². The standard InChI is InChI=1S/C7H5ClOS/c8-7-3-1-6(2-4-7)5-10-9/h1-5H. The maximum Gasteiger partial charge on any atom is 0.0891 e. The van der Waals surface area contributed by atoms with Crippen LogP contribution >= 0.6 is 11.6 Å². The summed E-state index contributed by atoms with van der Waals surface area (Å²) < 4.78 is 10.0. The molecule has 0 radical (unpaired) electrons. The summed E-state index contributed by atoms with van der Waals surface area (Å²) in [6.45, 7) is 0. The van der Waals surface area contributed by atoms with Crippen molar-refractivity contribution in [2.24, 2.45) is 0 Å². The predicted molar refractivity (Wildman–Crippen MR) is 44.8 cm³/mol. The number of halogens is 1. The Morgan fingerprint density at radius 2 is 1.90 bits per heavy atom. The second kappa shape index (κ2) is 3.54. The van der Waals surface area contributed by atoms with Crippen LogP contribution in [0.3, 0.4) is 0 Å². The van der Waals surface area contributed by atoms with E-state index in [9.17, 15) is 4.21 Å². The van der Waals surface area contributed by atoms with Crippen LogP contribution in [-0.2, 0) is 11.3 Å². The summed E-state index contributed by atoms with van der Waals surface area (Å²) in [5.41, 5.74) is 0.893. The summed E-state index contributed by atoms with van der Waals surface area (Å²) in [5, 5.41) is 2.21. The molecule has 0 aliphatic rings. The molecule has 0 aliphatic heterocycles. The van der Waals surface area contributed by atoms with Crippen molar-refractivity contribution in [2.45, 2.75) is 0 Å². The number of benzene rings is 1. The van der Waals surface area contributed by atoms with E-state index >= 15 is 0 Å². The first-order valence-corrected chi connectivity index (χ1v) is 3.88. The van der Waals surface area contributed by atoms with Gasteiger partial charge in [-0.25, -0.2) is 4.21 Å². The van der Waals surface area contributed by atoms with Crippen molar-refractivity contribution in [1.82, 2.24) is 0 Å². The summed E-state index contributed by atoms with van der Waals surface area (Å²) in [6, 6.07) is 7.10. The molecule has 0 unspecified atom stereocenters. The Kier molecular flexibility index (Phi) is 2.66. The van der Waals surface area contributed by atoms with Crippen LogP contribution in [0.25, 0.3) is 0 Å². The Labute approximate surface area is 67.7 Å². The molecule has 0 spiro atoms. The molecule has 52 valence electrons. The van der Waals surface area contributed by atoms with Gasteiger partial charge in [-0.05, 0) is 17.7 Å². The summed E-state index contributed by atoms with van der Waals surface area (Å²) in [6.07, 6.45) is 0. The zero-order chi connectivity index (χ0) is 7.40. The first-order valence-electron chi connectivity index (χ1n) is 2.70. The van der Waals surface area contributed by atoms with Crippen molar-refractivity contribution in [1.29, 1.82) is 0 Å². The summed E-state index contributed by atoms with van der Waals surface area (Å²) in [5.74, 6) is 0. The minimum absolute atomic E-state index is 0.442. The van der Waals surface area contributed by atoms with E-state index < -0.39 is 0 Å². The Hall–Kier alpha value is -0.600. The molecule has 0 saturated heterocycles. The molecule has 0 aliphatic carbocycles. The van der Waals surface area contributed by atoms with Gasteiger partial charge in [0.1, 0.15) is 0 Å². The average molecular weight is 173 g/mol. The van der Waals surface area contributed by atoms with Gasteiger partial charge in [-0.1, -0.05) is 23.7 Å². The van der Waals surface area contributed by atoms with Gasteiger partial charge in [-0.3, -0.25) is 0 Å². The lowest BCUT2D eigenvalue weighted by Crippen LogP contribution is -1.76. The SMILES string of the molecule is O=S=Cc1ccc(Cl)cc1. The second-order valence-corrected chi connectivity index (χ2v) is 2.63. The van der Waals surface area contributed by atoms with Gasteiger partial charge in [0.05, 0.1) is 11.3 Å². The second-order valence-electron chi connectivity index (χ2n) is 1.77. The monoisotopic (exact) mass is 172 g/mol. The van der Waals surface area contributed by atoms with E-state index in [2.05, 4.69) is 0 Å². The topological polar surface area (TPSA) is 17.1 Å². The van der Waals surface area contributed by atoms with Crippen LogP contribution < -0.4 is 0 Å². The van der Waals surface area contributed by atoms with Crippen LogP contribution in [0, 0.1) is 0 Å². The van der Waals surface area contributed by atoms with Crippen molar-refractivity contribution in [2.75, 3.05) is 0 Å². The molecular formula is C7H5ClOS. The van der Waals surface area contributed by atoms with Gasteiger partial charge in [0.15, 0.2) is 0 Å². The van der Waals surface area contributed by atoms with E-state index in [1.165, 1.54) is 5.37 Å². The Bertz CT molecular complexity index is 261. The highest BCUT2D eigenvalue weighted by molar-refractivity contribution is 7.65. The summed E-state index contributed by atoms with van der Waals surface area (Å²) in [4.78, 5) is 0. The van der Waals surface area contributed by atoms with Crippen molar-refractivity contribution in [3.8, 4) is 0 Å². The van der Waals surface area contributed by atoms with E-state index in [1.54, 1.807) is 24.3 Å². The third kappa shape index (κ3) is 1.97. The summed E-state index contributed by atoms with van der Waals surface area (Å²) >= 11 is 6.06. The smallest absolute Gasteiger partial charge is 0.0891 e. The first kappa shape index (κ1) is 7.51. The molecule has 0 fully saturated rings. The summed E-state index contributed by atoms with van der Waals surface area (Å²) in [7, 11) is 0. The molecule has 0 atom stereocenters. The maximum absolute atomic E-state index is 10.0. The first-order chi connectivity index (χ1) is 4.83. The molecule has 3 heteroatoms. The molecule has 1 aromatic rings. The molecule has 0 aromatic heterocycles. The van der Waals surface area contributed by atoms with Crippen molar-refractivity contribution >= 4 is 28.2 Å². The Morgan fingerprint density at radius 3 is 2.40 bits per heavy atom. The van der Waals surface area contributed by atoms with Crippen LogP contribution in [0.4, 0.5) is 0 Å². The molecule has 0 bridgehead atoms. The molecule has 0 saturated carbocycles. The highest BCUT2D eigenvalue weighted by atomic mass is 35.5. The number of rotatable bonds is 1. The number of hydrogen-bond donors (Lipinski definition) is 0. The largest absolute Gasteiger partial charge is 0.212 e. The van der Waals surface area contributed by atoms with Crippen LogP contribution in [-0.4, -0.2) is 9.58 Å². The fourth-order valence-corrected chi connectivity index (χ4v) is 0.991. The van der Waals surface area contributed by atoms with Gasteiger partial charge < -0.3 is 0 Å². The van der Waals surface area contributed by atoms with Gasteiger partial charge in [0.25, 0.3) is 0 Å². The van der Waals surface area contributed by atoms with Crippen LogP contribution in [0.1, 0.15) is 5.56 Å². The molecule has 1 rings (SSSR count). The van der Waals surface area contributed by atoms with Crippen molar-refractivity contribution < 1.29 is 4.21 Å². The molecule has 0 N–H and O–H groups in total. The van der Waals surface area contributed by atoms with E-state index in [0.717, 1.165) is 5.56 Å². The lowest BCUT2D eigenvalue weighted by Gasteiger charge is -1.88. The van der Waals surface area contributed by atoms with E-state index in [4.69, 9.17) is 11.6 Å². The molecular weight excluding hydrogens is 168 g/mol. The van der Waals surface area contributed by atoms with Gasteiger partial charge >= 0.3 is 0 Å². The van der Waals surface area contributed by atoms with Gasteiger partial charge in [0, 0.05) is 10.4 Å². The van der Waals surface area contributed by atoms with Gasteiger partial charge in [-0.2, -0.15) is 0 Å². The van der Waals surface area contributed by atoms with E-state index in [1.807, 2.05) is 0 Å². The van der Waals surface area contributed by atoms with Crippen LogP contribution in [0.15, 0.2) is 24.3 Å². The normalized spacial score (nSPS) is 8.90. The third-order valence-corrected chi connectivity index (χ3v) is 1.67. The van der Waals surface area contributed by atoms with Crippen LogP contribution in [0.5, 0.6) is 0 Å². The number of hydrogen-bond acceptors (Lipinski definition) is 1. The minimum Gasteiger partial charge on any atom is -0.212 e. The van der Waals surface area contributed by atoms with Crippen LogP contribution in [0.2, 0.25) is 5.02 Å². The molecule has 1 nitrogen and oxygen atoms in total. The maximum atomic E-state index is 10.0. The van der Waals surface area contributed by atoms with Crippen molar-refractivity contribution in [3.05, 3.63) is 34.9 Å². The van der Waals surface area contributed by atoms with Gasteiger partial charge in [-0.15, -0.1) is 0 Å². The fraction of sp³-hybridized carbons (Fsp3) is 0. The third-order valence-electron chi connectivity index (χ3n) is 1.05. The molecule has 0 amide bonds.